The van der Waals surface area contributed by atoms with Gasteiger partial charge in [-0.3, -0.25) is 0 Å². The number of aliphatic hydroxyl groups excluding tert-OH is 3. The second kappa shape index (κ2) is 3.68. The largest absolute Gasteiger partial charge is 0.395 e. The molecule has 6 heteroatoms. The van der Waals surface area contributed by atoms with E-state index >= 15 is 0 Å². The predicted molar refractivity (Wildman–Crippen MR) is 36.5 cm³/mol. The summed E-state index contributed by atoms with van der Waals surface area (Å²) in [4.78, 5) is 3.34. The molecule has 0 spiro atoms. The Morgan fingerprint density at radius 2 is 2.09 bits per heavy atom. The predicted octanol–water partition coefficient (Wildman–Crippen LogP) is -0.957. The molecule has 1 rings (SSSR count). The summed E-state index contributed by atoms with van der Waals surface area (Å²) in [6, 6.07) is 0. The fourth-order valence-electron chi connectivity index (χ4n) is 0.965. The van der Waals surface area contributed by atoms with Crippen LogP contribution in [0.4, 0.5) is 4.53 Å². The number of rotatable bonds is 2. The number of hydrogen-bond donors (Lipinski definition) is 3. The van der Waals surface area contributed by atoms with Crippen molar-refractivity contribution in [3.63, 3.8) is 0 Å². The van der Waals surface area contributed by atoms with Crippen molar-refractivity contribution in [1.82, 2.24) is 0 Å². The second-order valence-electron chi connectivity index (χ2n) is 2.29. The molecule has 1 saturated heterocycles. The number of halogens is 1. The highest BCUT2D eigenvalue weighted by atomic mass is 32.2. The van der Waals surface area contributed by atoms with Gasteiger partial charge in [-0.15, -0.1) is 11.8 Å². The number of aliphatic hydroxyl groups is 3. The Labute approximate surface area is 66.9 Å². The van der Waals surface area contributed by atoms with Crippen LogP contribution in [0.25, 0.3) is 0 Å². The molecule has 3 N–H and O–H groups in total. The Hall–Kier alpha value is 0.120. The van der Waals surface area contributed by atoms with E-state index in [0.717, 1.165) is 11.8 Å². The third-order valence-corrected chi connectivity index (χ3v) is 2.92. The summed E-state index contributed by atoms with van der Waals surface area (Å²) in [5.41, 5.74) is -1.10. The molecular formula is C5H9FO4S. The van der Waals surface area contributed by atoms with Gasteiger partial charge in [0.05, 0.1) is 11.9 Å². The maximum atomic E-state index is 11.6. The van der Waals surface area contributed by atoms with Gasteiger partial charge in [-0.25, -0.2) is 0 Å². The van der Waals surface area contributed by atoms with Gasteiger partial charge in [0, 0.05) is 0 Å². The van der Waals surface area contributed by atoms with Gasteiger partial charge in [0.2, 0.25) is 0 Å². The average molecular weight is 184 g/mol. The molecule has 0 saturated carbocycles. The zero-order valence-electron chi connectivity index (χ0n) is 5.55. The summed E-state index contributed by atoms with van der Waals surface area (Å²) in [6.07, 6.45) is -2.39. The van der Waals surface area contributed by atoms with Gasteiger partial charge >= 0.3 is 0 Å². The van der Waals surface area contributed by atoms with Crippen LogP contribution < -0.4 is 0 Å². The Bertz CT molecular complexity index is 136. The van der Waals surface area contributed by atoms with E-state index < -0.39 is 22.9 Å². The molecule has 0 aromatic heterocycles. The second-order valence-corrected chi connectivity index (χ2v) is 3.65. The van der Waals surface area contributed by atoms with E-state index in [9.17, 15) is 4.53 Å². The zero-order valence-corrected chi connectivity index (χ0v) is 6.37. The van der Waals surface area contributed by atoms with Crippen molar-refractivity contribution >= 4 is 11.8 Å². The van der Waals surface area contributed by atoms with Crippen molar-refractivity contribution in [3.05, 3.63) is 0 Å². The summed E-state index contributed by atoms with van der Waals surface area (Å²) in [5, 5.41) is 26.1. The zero-order chi connectivity index (χ0) is 8.43. The topological polar surface area (TPSA) is 69.9 Å². The van der Waals surface area contributed by atoms with Crippen LogP contribution in [-0.4, -0.2) is 44.8 Å². The van der Waals surface area contributed by atoms with Crippen LogP contribution >= 0.6 is 11.8 Å². The molecule has 1 aliphatic heterocycles. The van der Waals surface area contributed by atoms with Gasteiger partial charge in [-0.2, -0.15) is 4.94 Å². The number of thioether (sulfide) groups is 1. The molecule has 0 aromatic carbocycles. The van der Waals surface area contributed by atoms with Gasteiger partial charge in [-0.05, 0) is 4.53 Å². The first kappa shape index (κ1) is 9.21. The molecule has 0 bridgehead atoms. The van der Waals surface area contributed by atoms with Crippen molar-refractivity contribution < 1.29 is 24.8 Å². The van der Waals surface area contributed by atoms with Gasteiger partial charge in [0.15, 0.2) is 6.10 Å². The quantitative estimate of drug-likeness (QED) is 0.516. The summed E-state index contributed by atoms with van der Waals surface area (Å²) < 4.78 is 11.6. The molecule has 1 fully saturated rings. The van der Waals surface area contributed by atoms with E-state index in [-0.39, 0.29) is 6.61 Å². The van der Waals surface area contributed by atoms with E-state index in [1.165, 1.54) is 0 Å². The van der Waals surface area contributed by atoms with Crippen molar-refractivity contribution in [3.8, 4) is 0 Å². The van der Waals surface area contributed by atoms with Crippen molar-refractivity contribution in [1.29, 1.82) is 0 Å². The molecule has 66 valence electrons. The van der Waals surface area contributed by atoms with Crippen LogP contribution in [0.5, 0.6) is 0 Å². The first-order chi connectivity index (χ1) is 5.20. The van der Waals surface area contributed by atoms with Gasteiger partial charge in [0.1, 0.15) is 11.5 Å². The van der Waals surface area contributed by atoms with Crippen LogP contribution in [0, 0.1) is 0 Å². The lowest BCUT2D eigenvalue weighted by atomic mass is 10.1. The molecule has 0 radical (unpaired) electrons. The fraction of sp³-hybridized carbons (Fsp3) is 1.00. The normalized spacial score (nSPS) is 44.7. The maximum Gasteiger partial charge on any atom is 0.160 e. The molecule has 4 atom stereocenters. The lowest BCUT2D eigenvalue weighted by Gasteiger charge is -2.12. The summed E-state index contributed by atoms with van der Waals surface area (Å²) >= 11 is 0.897. The Balaban J connectivity index is 2.55. The SMILES string of the molecule is OC[C@H]1SC(O)[C@@H](OF)[C@@H]1O. The van der Waals surface area contributed by atoms with E-state index in [2.05, 4.69) is 4.94 Å². The Kier molecular flexibility index (Phi) is 3.08. The number of hydrogen-bond acceptors (Lipinski definition) is 5. The molecule has 11 heavy (non-hydrogen) atoms. The standard InChI is InChI=1S/C5H9FO4S/c6-10-4-3(8)2(1-7)11-5(4)9/h2-5,7-9H,1H2/t2-,3-,4+,5?/m1/s1. The van der Waals surface area contributed by atoms with E-state index in [0.29, 0.717) is 0 Å². The van der Waals surface area contributed by atoms with Crippen LogP contribution in [0.15, 0.2) is 0 Å². The smallest absolute Gasteiger partial charge is 0.160 e. The highest BCUT2D eigenvalue weighted by Crippen LogP contribution is 2.34. The van der Waals surface area contributed by atoms with Crippen molar-refractivity contribution in [2.75, 3.05) is 6.61 Å². The van der Waals surface area contributed by atoms with Gasteiger partial charge in [0.25, 0.3) is 0 Å². The maximum absolute atomic E-state index is 11.6. The van der Waals surface area contributed by atoms with Crippen LogP contribution in [0.1, 0.15) is 0 Å². The third-order valence-electron chi connectivity index (χ3n) is 1.60. The van der Waals surface area contributed by atoms with E-state index in [1.54, 1.807) is 0 Å². The summed E-state index contributed by atoms with van der Waals surface area (Å²) in [6.45, 7) is -0.303. The first-order valence-corrected chi connectivity index (χ1v) is 4.05. The minimum Gasteiger partial charge on any atom is -0.395 e. The van der Waals surface area contributed by atoms with Crippen molar-refractivity contribution in [2.24, 2.45) is 0 Å². The van der Waals surface area contributed by atoms with Gasteiger partial charge in [-0.1, -0.05) is 0 Å². The molecule has 0 amide bonds. The highest BCUT2D eigenvalue weighted by Gasteiger charge is 2.43. The highest BCUT2D eigenvalue weighted by molar-refractivity contribution is 8.00. The summed E-state index contributed by atoms with van der Waals surface area (Å²) in [7, 11) is 0. The van der Waals surface area contributed by atoms with E-state index in [4.69, 9.17) is 15.3 Å². The monoisotopic (exact) mass is 184 g/mol. The van der Waals surface area contributed by atoms with Gasteiger partial charge < -0.3 is 15.3 Å². The lowest BCUT2D eigenvalue weighted by molar-refractivity contribution is -0.220. The Morgan fingerprint density at radius 3 is 2.36 bits per heavy atom. The summed E-state index contributed by atoms with van der Waals surface area (Å²) in [5.74, 6) is 0. The molecular weight excluding hydrogens is 175 g/mol. The molecule has 0 aliphatic carbocycles. The molecule has 1 unspecified atom stereocenters. The average Bonchev–Trinajstić information content (AvgIpc) is 2.26. The lowest BCUT2D eigenvalue weighted by Crippen LogP contribution is -2.34. The molecule has 1 aliphatic rings. The third kappa shape index (κ3) is 1.65. The van der Waals surface area contributed by atoms with E-state index in [1.807, 2.05) is 0 Å². The minimum atomic E-state index is -1.24. The van der Waals surface area contributed by atoms with Crippen LogP contribution in [0.2, 0.25) is 0 Å². The minimum absolute atomic E-state index is 0.303. The Morgan fingerprint density at radius 1 is 1.45 bits per heavy atom. The molecule has 0 aromatic rings. The fourth-order valence-corrected chi connectivity index (χ4v) is 2.08. The first-order valence-electron chi connectivity index (χ1n) is 3.10. The molecule has 1 heterocycles. The molecule has 4 nitrogen and oxygen atoms in total. The van der Waals surface area contributed by atoms with Crippen molar-refractivity contribution in [2.45, 2.75) is 22.9 Å². The van der Waals surface area contributed by atoms with Crippen LogP contribution in [0.3, 0.4) is 0 Å². The van der Waals surface area contributed by atoms with Crippen LogP contribution in [-0.2, 0) is 4.94 Å².